The van der Waals surface area contributed by atoms with E-state index in [-0.39, 0.29) is 12.4 Å². The predicted molar refractivity (Wildman–Crippen MR) is 98.4 cm³/mol. The van der Waals surface area contributed by atoms with Gasteiger partial charge in [-0.15, -0.1) is 12.4 Å². The van der Waals surface area contributed by atoms with Gasteiger partial charge in [0.15, 0.2) is 0 Å². The number of hydrogen-bond acceptors (Lipinski definition) is 4. The number of nitrogens with zero attached hydrogens (tertiary/aromatic N) is 3. The minimum absolute atomic E-state index is 0. The van der Waals surface area contributed by atoms with E-state index in [0.717, 1.165) is 22.5 Å². The van der Waals surface area contributed by atoms with Crippen molar-refractivity contribution in [2.45, 2.75) is 13.3 Å². The van der Waals surface area contributed by atoms with Gasteiger partial charge in [0.05, 0.1) is 0 Å². The molecule has 0 atom stereocenters. The first kappa shape index (κ1) is 17.7. The molecule has 0 bridgehead atoms. The molecule has 3 rings (SSSR count). The van der Waals surface area contributed by atoms with E-state index in [1.807, 2.05) is 24.3 Å². The molecule has 3 aromatic rings. The number of aromatic amines is 1. The van der Waals surface area contributed by atoms with Crippen molar-refractivity contribution in [3.63, 3.8) is 0 Å². The van der Waals surface area contributed by atoms with Gasteiger partial charge in [0.25, 0.3) is 0 Å². The predicted octanol–water partition coefficient (Wildman–Crippen LogP) is 4.04. The Kier molecular flexibility index (Phi) is 6.09. The van der Waals surface area contributed by atoms with Crippen molar-refractivity contribution >= 4 is 18.6 Å². The van der Waals surface area contributed by atoms with Crippen molar-refractivity contribution in [1.29, 1.82) is 0 Å². The molecule has 3 aromatic heterocycles. The molecule has 0 saturated heterocycles. The Morgan fingerprint density at radius 3 is 2.08 bits per heavy atom. The minimum atomic E-state index is 0. The van der Waals surface area contributed by atoms with Crippen LogP contribution in [0, 0.1) is 6.92 Å². The van der Waals surface area contributed by atoms with Crippen LogP contribution in [-0.2, 0) is 11.3 Å². The standard InChI is InChI=1S/C18H18N4O.ClH/c1-13-16(7-12-21-23-2)18(15-5-10-20-11-6-15)22-17(13)14-3-8-19-9-4-14;/h3-6,8-12,22H,7H2,1-2H3;1H. The second-order valence-corrected chi connectivity index (χ2v) is 5.13. The van der Waals surface area contributed by atoms with E-state index < -0.39 is 0 Å². The maximum Gasteiger partial charge on any atom is 0.106 e. The number of nitrogens with one attached hydrogen (secondary N) is 1. The number of hydrogen-bond donors (Lipinski definition) is 1. The molecule has 0 aliphatic rings. The third-order valence-corrected chi connectivity index (χ3v) is 3.79. The fourth-order valence-corrected chi connectivity index (χ4v) is 2.66. The molecule has 0 unspecified atom stereocenters. The van der Waals surface area contributed by atoms with Gasteiger partial charge >= 0.3 is 0 Å². The van der Waals surface area contributed by atoms with E-state index in [4.69, 9.17) is 4.84 Å². The molecule has 1 N–H and O–H groups in total. The molecule has 3 heterocycles. The van der Waals surface area contributed by atoms with E-state index in [0.29, 0.717) is 6.42 Å². The molecule has 0 radical (unpaired) electrons. The maximum atomic E-state index is 4.78. The van der Waals surface area contributed by atoms with Gasteiger partial charge in [0.2, 0.25) is 0 Å². The third kappa shape index (κ3) is 3.63. The van der Waals surface area contributed by atoms with Crippen molar-refractivity contribution in [2.24, 2.45) is 5.16 Å². The summed E-state index contributed by atoms with van der Waals surface area (Å²) in [6, 6.07) is 8.00. The van der Waals surface area contributed by atoms with Crippen molar-refractivity contribution < 1.29 is 4.84 Å². The Labute approximate surface area is 147 Å². The summed E-state index contributed by atoms with van der Waals surface area (Å²) in [6.07, 6.45) is 9.66. The molecule has 0 aliphatic heterocycles. The van der Waals surface area contributed by atoms with Crippen molar-refractivity contribution in [3.05, 3.63) is 60.2 Å². The summed E-state index contributed by atoms with van der Waals surface area (Å²) in [4.78, 5) is 16.5. The Morgan fingerprint density at radius 1 is 1.00 bits per heavy atom. The van der Waals surface area contributed by atoms with Gasteiger partial charge in [-0.3, -0.25) is 9.97 Å². The fraction of sp³-hybridized carbons (Fsp3) is 0.167. The van der Waals surface area contributed by atoms with Crippen LogP contribution in [-0.4, -0.2) is 28.3 Å². The van der Waals surface area contributed by atoms with Crippen LogP contribution in [0.4, 0.5) is 0 Å². The van der Waals surface area contributed by atoms with E-state index in [1.165, 1.54) is 11.1 Å². The number of rotatable bonds is 5. The quantitative estimate of drug-likeness (QED) is 0.562. The Bertz CT molecular complexity index is 801. The number of H-pyrrole nitrogens is 1. The minimum Gasteiger partial charge on any atom is -0.399 e. The Morgan fingerprint density at radius 2 is 1.54 bits per heavy atom. The average Bonchev–Trinajstić information content (AvgIpc) is 2.94. The molecule has 0 aromatic carbocycles. The Balaban J connectivity index is 0.00000208. The van der Waals surface area contributed by atoms with Gasteiger partial charge in [-0.1, -0.05) is 5.16 Å². The SMILES string of the molecule is CON=CCc1c(-c2ccncc2)[nH]c(-c2ccncc2)c1C.Cl. The molecule has 0 spiro atoms. The van der Waals surface area contributed by atoms with Crippen molar-refractivity contribution in [1.82, 2.24) is 15.0 Å². The highest BCUT2D eigenvalue weighted by molar-refractivity contribution is 5.85. The van der Waals surface area contributed by atoms with Crippen LogP contribution in [0.25, 0.3) is 22.5 Å². The van der Waals surface area contributed by atoms with E-state index in [9.17, 15) is 0 Å². The summed E-state index contributed by atoms with van der Waals surface area (Å²) in [7, 11) is 1.55. The lowest BCUT2D eigenvalue weighted by molar-refractivity contribution is 0.215. The van der Waals surface area contributed by atoms with Gasteiger partial charge in [-0.05, 0) is 42.3 Å². The first-order valence-corrected chi connectivity index (χ1v) is 7.38. The molecule has 0 aliphatic carbocycles. The van der Waals surface area contributed by atoms with Crippen LogP contribution in [0.1, 0.15) is 11.1 Å². The molecule has 0 amide bonds. The highest BCUT2D eigenvalue weighted by Gasteiger charge is 2.16. The van der Waals surface area contributed by atoms with E-state index in [1.54, 1.807) is 38.1 Å². The molecule has 24 heavy (non-hydrogen) atoms. The van der Waals surface area contributed by atoms with Gasteiger partial charge < -0.3 is 9.82 Å². The van der Waals surface area contributed by atoms with Crippen LogP contribution in [0.15, 0.2) is 54.2 Å². The van der Waals surface area contributed by atoms with E-state index >= 15 is 0 Å². The molecule has 0 fully saturated rings. The summed E-state index contributed by atoms with van der Waals surface area (Å²) >= 11 is 0. The molecular formula is C18H19ClN4O. The average molecular weight is 343 g/mol. The smallest absolute Gasteiger partial charge is 0.106 e. The molecular weight excluding hydrogens is 324 g/mol. The summed E-state index contributed by atoms with van der Waals surface area (Å²) in [5.41, 5.74) is 6.79. The van der Waals surface area contributed by atoms with Gasteiger partial charge in [0, 0.05) is 59.9 Å². The van der Waals surface area contributed by atoms with Crippen LogP contribution in [0.5, 0.6) is 0 Å². The van der Waals surface area contributed by atoms with Gasteiger partial charge in [0.1, 0.15) is 7.11 Å². The summed E-state index contributed by atoms with van der Waals surface area (Å²) < 4.78 is 0. The van der Waals surface area contributed by atoms with Crippen molar-refractivity contribution in [3.8, 4) is 22.5 Å². The first-order chi connectivity index (χ1) is 11.3. The highest BCUT2D eigenvalue weighted by Crippen LogP contribution is 2.33. The summed E-state index contributed by atoms with van der Waals surface area (Å²) in [6.45, 7) is 2.12. The second kappa shape index (κ2) is 8.26. The Hall–Kier alpha value is -2.66. The fourth-order valence-electron chi connectivity index (χ4n) is 2.66. The lowest BCUT2D eigenvalue weighted by atomic mass is 10.0. The molecule has 5 nitrogen and oxygen atoms in total. The van der Waals surface area contributed by atoms with Crippen LogP contribution >= 0.6 is 12.4 Å². The summed E-state index contributed by atoms with van der Waals surface area (Å²) in [5, 5.41) is 3.86. The first-order valence-electron chi connectivity index (χ1n) is 7.38. The molecule has 124 valence electrons. The zero-order valence-corrected chi connectivity index (χ0v) is 14.4. The zero-order valence-electron chi connectivity index (χ0n) is 13.6. The number of pyridine rings is 2. The van der Waals surface area contributed by atoms with E-state index in [2.05, 4.69) is 27.0 Å². The number of aromatic nitrogens is 3. The zero-order chi connectivity index (χ0) is 16.1. The largest absolute Gasteiger partial charge is 0.399 e. The highest BCUT2D eigenvalue weighted by atomic mass is 35.5. The monoisotopic (exact) mass is 342 g/mol. The third-order valence-electron chi connectivity index (χ3n) is 3.79. The topological polar surface area (TPSA) is 63.2 Å². The van der Waals surface area contributed by atoms with Crippen molar-refractivity contribution in [2.75, 3.05) is 7.11 Å². The van der Waals surface area contributed by atoms with Crippen LogP contribution < -0.4 is 0 Å². The summed E-state index contributed by atoms with van der Waals surface area (Å²) in [5.74, 6) is 0. The second-order valence-electron chi connectivity index (χ2n) is 5.13. The molecule has 0 saturated carbocycles. The lowest BCUT2D eigenvalue weighted by Crippen LogP contribution is -1.91. The van der Waals surface area contributed by atoms with Crippen LogP contribution in [0.2, 0.25) is 0 Å². The lowest BCUT2D eigenvalue weighted by Gasteiger charge is -2.02. The number of halogens is 1. The number of oxime groups is 1. The molecule has 6 heteroatoms. The van der Waals surface area contributed by atoms with Crippen LogP contribution in [0.3, 0.4) is 0 Å². The normalized spacial score (nSPS) is 10.6. The maximum absolute atomic E-state index is 4.78. The van der Waals surface area contributed by atoms with Gasteiger partial charge in [-0.2, -0.15) is 0 Å². The van der Waals surface area contributed by atoms with Gasteiger partial charge in [-0.25, -0.2) is 0 Å².